The molecule has 0 aliphatic rings. The Hall–Kier alpha value is -1.49. The van der Waals surface area contributed by atoms with Crippen LogP contribution in [0.4, 0.5) is 13.2 Å². The Bertz CT molecular complexity index is 467. The third kappa shape index (κ3) is 3.77. The zero-order valence-corrected chi connectivity index (χ0v) is 10.2. The van der Waals surface area contributed by atoms with Crippen LogP contribution in [0, 0.1) is 0 Å². The van der Waals surface area contributed by atoms with Crippen molar-refractivity contribution in [3.8, 4) is 0 Å². The first kappa shape index (κ1) is 14.6. The van der Waals surface area contributed by atoms with Crippen LogP contribution in [0.15, 0.2) is 24.3 Å². The van der Waals surface area contributed by atoms with Gasteiger partial charge in [-0.15, -0.1) is 0 Å². The van der Waals surface area contributed by atoms with Gasteiger partial charge in [0.25, 0.3) is 0 Å². The first-order chi connectivity index (χ1) is 8.36. The first-order valence-corrected chi connectivity index (χ1v) is 5.44. The van der Waals surface area contributed by atoms with E-state index >= 15 is 0 Å². The molecule has 6 heteroatoms. The van der Waals surface area contributed by atoms with Crippen molar-refractivity contribution in [3.63, 3.8) is 0 Å². The molecule has 18 heavy (non-hydrogen) atoms. The van der Waals surface area contributed by atoms with Crippen LogP contribution in [0.5, 0.6) is 0 Å². The molecule has 0 heterocycles. The van der Waals surface area contributed by atoms with E-state index in [4.69, 9.17) is 11.6 Å². The lowest BCUT2D eigenvalue weighted by molar-refractivity contribution is -0.138. The second kappa shape index (κ2) is 5.91. The lowest BCUT2D eigenvalue weighted by atomic mass is 10.1. The summed E-state index contributed by atoms with van der Waals surface area (Å²) in [5.41, 5.74) is -0.824. The normalized spacial score (nSPS) is 11.8. The highest BCUT2D eigenvalue weighted by Gasteiger charge is 2.33. The molecule has 0 N–H and O–H groups in total. The van der Waals surface area contributed by atoms with Crippen LogP contribution in [-0.2, 0) is 15.7 Å². The largest absolute Gasteiger partial charge is 0.463 e. The smallest absolute Gasteiger partial charge is 0.417 e. The number of hydrogen-bond acceptors (Lipinski definition) is 2. The van der Waals surface area contributed by atoms with Crippen LogP contribution in [0.2, 0.25) is 5.02 Å². The summed E-state index contributed by atoms with van der Waals surface area (Å²) >= 11 is 5.63. The molecule has 0 unspecified atom stereocenters. The van der Waals surface area contributed by atoms with Gasteiger partial charge < -0.3 is 4.74 Å². The second-order valence-corrected chi connectivity index (χ2v) is 3.67. The Balaban J connectivity index is 3.02. The third-order valence-corrected chi connectivity index (χ3v) is 2.44. The van der Waals surface area contributed by atoms with Crippen molar-refractivity contribution in [2.45, 2.75) is 13.1 Å². The van der Waals surface area contributed by atoms with Crippen LogP contribution in [-0.4, -0.2) is 12.6 Å². The Morgan fingerprint density at radius 1 is 1.44 bits per heavy atom. The van der Waals surface area contributed by atoms with Gasteiger partial charge in [-0.1, -0.05) is 23.7 Å². The summed E-state index contributed by atoms with van der Waals surface area (Å²) in [6, 6.07) is 3.48. The zero-order valence-electron chi connectivity index (χ0n) is 9.42. The van der Waals surface area contributed by atoms with Gasteiger partial charge in [0, 0.05) is 6.08 Å². The fourth-order valence-electron chi connectivity index (χ4n) is 1.25. The summed E-state index contributed by atoms with van der Waals surface area (Å²) in [5.74, 6) is -0.633. The standard InChI is InChI=1S/C12H10ClF3O2/c1-2-18-10(17)7-6-8-4-3-5-9(11(8)13)12(14,15)16/h3-7H,2H2,1H3. The van der Waals surface area contributed by atoms with Crippen molar-refractivity contribution in [1.82, 2.24) is 0 Å². The molecule has 1 aromatic rings. The molecule has 1 aromatic carbocycles. The summed E-state index contributed by atoms with van der Waals surface area (Å²) < 4.78 is 42.3. The summed E-state index contributed by atoms with van der Waals surface area (Å²) in [5, 5.41) is -0.439. The van der Waals surface area contributed by atoms with Crippen molar-refractivity contribution in [1.29, 1.82) is 0 Å². The fraction of sp³-hybridized carbons (Fsp3) is 0.250. The number of carbonyl (C=O) groups is 1. The number of rotatable bonds is 3. The van der Waals surface area contributed by atoms with Crippen molar-refractivity contribution in [2.75, 3.05) is 6.61 Å². The molecule has 0 saturated heterocycles. The predicted octanol–water partition coefficient (Wildman–Crippen LogP) is 3.94. The number of halogens is 4. The highest BCUT2D eigenvalue weighted by atomic mass is 35.5. The van der Waals surface area contributed by atoms with Gasteiger partial charge in [0.05, 0.1) is 17.2 Å². The van der Waals surface area contributed by atoms with E-state index in [2.05, 4.69) is 4.74 Å². The second-order valence-electron chi connectivity index (χ2n) is 3.29. The van der Waals surface area contributed by atoms with E-state index in [0.29, 0.717) is 0 Å². The minimum atomic E-state index is -4.52. The molecule has 0 atom stereocenters. The average molecular weight is 279 g/mol. The average Bonchev–Trinajstić information content (AvgIpc) is 2.26. The van der Waals surface area contributed by atoms with E-state index < -0.39 is 22.7 Å². The monoisotopic (exact) mass is 278 g/mol. The van der Waals surface area contributed by atoms with Gasteiger partial charge in [0.15, 0.2) is 0 Å². The molecule has 1 rings (SSSR count). The van der Waals surface area contributed by atoms with Crippen molar-refractivity contribution >= 4 is 23.6 Å². The van der Waals surface area contributed by atoms with Crippen molar-refractivity contribution in [3.05, 3.63) is 40.4 Å². The molecule has 0 saturated carbocycles. The molecular weight excluding hydrogens is 269 g/mol. The highest BCUT2D eigenvalue weighted by Crippen LogP contribution is 2.36. The number of carbonyl (C=O) groups excluding carboxylic acids is 1. The van der Waals surface area contributed by atoms with Gasteiger partial charge in [-0.3, -0.25) is 0 Å². The lowest BCUT2D eigenvalue weighted by Gasteiger charge is -2.10. The number of alkyl halides is 3. The van der Waals surface area contributed by atoms with E-state index in [1.165, 1.54) is 18.2 Å². The van der Waals surface area contributed by atoms with E-state index in [9.17, 15) is 18.0 Å². The van der Waals surface area contributed by atoms with E-state index in [1.807, 2.05) is 0 Å². The van der Waals surface area contributed by atoms with Crippen LogP contribution in [0.3, 0.4) is 0 Å². The van der Waals surface area contributed by atoms with Crippen molar-refractivity contribution < 1.29 is 22.7 Å². The molecule has 98 valence electrons. The molecule has 0 amide bonds. The summed E-state index contributed by atoms with van der Waals surface area (Å²) in [6.07, 6.45) is -2.30. The molecule has 0 spiro atoms. The van der Waals surface area contributed by atoms with Crippen LogP contribution in [0.1, 0.15) is 18.1 Å². The Morgan fingerprint density at radius 2 is 2.11 bits per heavy atom. The molecule has 2 nitrogen and oxygen atoms in total. The minimum absolute atomic E-state index is 0.111. The van der Waals surface area contributed by atoms with Crippen LogP contribution >= 0.6 is 11.6 Å². The number of hydrogen-bond donors (Lipinski definition) is 0. The molecule has 0 aromatic heterocycles. The topological polar surface area (TPSA) is 26.3 Å². The van der Waals surface area contributed by atoms with Gasteiger partial charge in [0.1, 0.15) is 0 Å². The third-order valence-electron chi connectivity index (χ3n) is 2.02. The summed E-state index contributed by atoms with van der Waals surface area (Å²) in [4.78, 5) is 11.0. The van der Waals surface area contributed by atoms with Gasteiger partial charge in [-0.2, -0.15) is 13.2 Å². The Labute approximate surface area is 107 Å². The summed E-state index contributed by atoms with van der Waals surface area (Å²) in [6.45, 7) is 1.82. The summed E-state index contributed by atoms with van der Waals surface area (Å²) in [7, 11) is 0. The zero-order chi connectivity index (χ0) is 13.8. The molecule has 0 bridgehead atoms. The molecular formula is C12H10ClF3O2. The Kier molecular flexibility index (Phi) is 4.78. The van der Waals surface area contributed by atoms with Gasteiger partial charge in [-0.25, -0.2) is 4.79 Å². The van der Waals surface area contributed by atoms with E-state index in [1.54, 1.807) is 6.92 Å². The maximum absolute atomic E-state index is 12.5. The first-order valence-electron chi connectivity index (χ1n) is 5.06. The maximum atomic E-state index is 12.5. The van der Waals surface area contributed by atoms with Crippen LogP contribution in [0.25, 0.3) is 6.08 Å². The number of esters is 1. The lowest BCUT2D eigenvalue weighted by Crippen LogP contribution is -2.06. The highest BCUT2D eigenvalue weighted by molar-refractivity contribution is 6.33. The quantitative estimate of drug-likeness (QED) is 0.618. The van der Waals surface area contributed by atoms with E-state index in [0.717, 1.165) is 12.1 Å². The molecule has 0 aliphatic heterocycles. The SMILES string of the molecule is CCOC(=O)C=Cc1cccc(C(F)(F)F)c1Cl. The van der Waals surface area contributed by atoms with Gasteiger partial charge >= 0.3 is 12.1 Å². The minimum Gasteiger partial charge on any atom is -0.463 e. The molecule has 0 aliphatic carbocycles. The molecule has 0 radical (unpaired) electrons. The fourth-order valence-corrected chi connectivity index (χ4v) is 1.54. The Morgan fingerprint density at radius 3 is 2.67 bits per heavy atom. The van der Waals surface area contributed by atoms with Gasteiger partial charge in [-0.05, 0) is 24.6 Å². The maximum Gasteiger partial charge on any atom is 0.417 e. The number of ether oxygens (including phenoxy) is 1. The number of benzene rings is 1. The predicted molar refractivity (Wildman–Crippen MR) is 62.1 cm³/mol. The van der Waals surface area contributed by atoms with Crippen LogP contribution < -0.4 is 0 Å². The van der Waals surface area contributed by atoms with E-state index in [-0.39, 0.29) is 12.2 Å². The van der Waals surface area contributed by atoms with Gasteiger partial charge in [0.2, 0.25) is 0 Å². The van der Waals surface area contributed by atoms with Crippen molar-refractivity contribution in [2.24, 2.45) is 0 Å². The molecule has 0 fully saturated rings.